The lowest BCUT2D eigenvalue weighted by atomic mass is 10.4. The van der Waals surface area contributed by atoms with Crippen molar-refractivity contribution >= 4 is 18.2 Å². The molecular weight excluding hydrogens is 244 g/mol. The first kappa shape index (κ1) is 16.5. The predicted molar refractivity (Wildman–Crippen MR) is 61.3 cm³/mol. The average molecular weight is 262 g/mol. The van der Waals surface area contributed by atoms with Crippen LogP contribution in [0.15, 0.2) is 0 Å². The van der Waals surface area contributed by atoms with Crippen molar-refractivity contribution in [3.8, 4) is 0 Å². The highest BCUT2D eigenvalue weighted by atomic mass is 16.4. The third-order valence-electron chi connectivity index (χ3n) is 2.20. The van der Waals surface area contributed by atoms with Gasteiger partial charge in [-0.25, -0.2) is 0 Å². The molecule has 0 aromatic carbocycles. The van der Waals surface area contributed by atoms with E-state index in [0.29, 0.717) is 12.8 Å². The molecule has 0 unspecified atom stereocenters. The van der Waals surface area contributed by atoms with Gasteiger partial charge in [0.2, 0.25) is 0 Å². The molecule has 0 amide bonds. The molecule has 0 aliphatic carbocycles. The van der Waals surface area contributed by atoms with E-state index in [1.165, 1.54) is 4.90 Å². The molecule has 0 aliphatic heterocycles. The van der Waals surface area contributed by atoms with E-state index >= 15 is 0 Å². The zero-order valence-corrected chi connectivity index (χ0v) is 9.99. The van der Waals surface area contributed by atoms with Gasteiger partial charge < -0.3 is 20.1 Å². The summed E-state index contributed by atoms with van der Waals surface area (Å²) in [5.41, 5.74) is 0. The molecule has 8 heteroatoms. The number of hydrogen-bond acceptors (Lipinski definition) is 6. The van der Waals surface area contributed by atoms with Crippen LogP contribution in [0.3, 0.4) is 0 Å². The van der Waals surface area contributed by atoms with Crippen LogP contribution in [-0.4, -0.2) is 89.2 Å². The fourth-order valence-corrected chi connectivity index (χ4v) is 1.42. The van der Waals surface area contributed by atoms with Crippen LogP contribution in [0.25, 0.3) is 0 Å². The van der Waals surface area contributed by atoms with E-state index in [2.05, 4.69) is 0 Å². The number of aliphatic carboxylic acids is 2. The van der Waals surface area contributed by atoms with Crippen molar-refractivity contribution in [1.82, 2.24) is 9.80 Å². The molecule has 18 heavy (non-hydrogen) atoms. The Hall–Kier alpha value is -1.51. The molecular formula is C10H18N2O6. The monoisotopic (exact) mass is 262 g/mol. The van der Waals surface area contributed by atoms with Gasteiger partial charge in [0.1, 0.15) is 6.29 Å². The standard InChI is InChI=1S/C10H18N2O6/c13-5-3-11(4-6-14)1-2-12(7-9(15)16)8-10(17)18/h5,14H,1-4,6-8H2,(H,15,16)(H,17,18). The normalized spacial score (nSPS) is 10.8. The highest BCUT2D eigenvalue weighted by Crippen LogP contribution is 1.92. The van der Waals surface area contributed by atoms with Crippen LogP contribution in [0.1, 0.15) is 0 Å². The quantitative estimate of drug-likeness (QED) is 0.364. The van der Waals surface area contributed by atoms with Gasteiger partial charge in [-0.15, -0.1) is 0 Å². The van der Waals surface area contributed by atoms with Crippen LogP contribution in [0.4, 0.5) is 0 Å². The first-order valence-electron chi connectivity index (χ1n) is 5.42. The zero-order chi connectivity index (χ0) is 14.0. The minimum absolute atomic E-state index is 0.119. The summed E-state index contributed by atoms with van der Waals surface area (Å²) < 4.78 is 0. The van der Waals surface area contributed by atoms with Gasteiger partial charge in [-0.3, -0.25) is 19.4 Å². The summed E-state index contributed by atoms with van der Waals surface area (Å²) in [5.74, 6) is -2.22. The van der Waals surface area contributed by atoms with Gasteiger partial charge >= 0.3 is 11.9 Å². The van der Waals surface area contributed by atoms with Crippen LogP contribution in [0.2, 0.25) is 0 Å². The number of aliphatic hydroxyl groups is 1. The molecule has 0 atom stereocenters. The van der Waals surface area contributed by atoms with E-state index < -0.39 is 11.9 Å². The Morgan fingerprint density at radius 3 is 1.83 bits per heavy atom. The Morgan fingerprint density at radius 2 is 1.44 bits per heavy atom. The summed E-state index contributed by atoms with van der Waals surface area (Å²) in [6, 6.07) is 0. The number of hydrogen-bond donors (Lipinski definition) is 3. The van der Waals surface area contributed by atoms with Gasteiger partial charge in [0.05, 0.1) is 26.2 Å². The number of carboxylic acids is 2. The number of aliphatic hydroxyl groups excluding tert-OH is 1. The average Bonchev–Trinajstić information content (AvgIpc) is 2.24. The summed E-state index contributed by atoms with van der Waals surface area (Å²) >= 11 is 0. The minimum Gasteiger partial charge on any atom is -0.480 e. The van der Waals surface area contributed by atoms with E-state index in [9.17, 15) is 14.4 Å². The number of carboxylic acid groups (broad SMARTS) is 2. The Morgan fingerprint density at radius 1 is 0.944 bits per heavy atom. The summed E-state index contributed by atoms with van der Waals surface area (Å²) in [6.45, 7) is 0.0555. The largest absolute Gasteiger partial charge is 0.480 e. The number of carbonyl (C=O) groups excluding carboxylic acids is 1. The molecule has 0 heterocycles. The van der Waals surface area contributed by atoms with Crippen LogP contribution < -0.4 is 0 Å². The van der Waals surface area contributed by atoms with Crippen molar-refractivity contribution in [3.63, 3.8) is 0 Å². The van der Waals surface area contributed by atoms with Gasteiger partial charge in [0.25, 0.3) is 0 Å². The third kappa shape index (κ3) is 8.62. The third-order valence-corrected chi connectivity index (χ3v) is 2.20. The van der Waals surface area contributed by atoms with E-state index in [4.69, 9.17) is 15.3 Å². The first-order chi connectivity index (χ1) is 8.49. The van der Waals surface area contributed by atoms with Crippen molar-refractivity contribution in [1.29, 1.82) is 0 Å². The number of rotatable bonds is 11. The van der Waals surface area contributed by atoms with Gasteiger partial charge in [0, 0.05) is 19.6 Å². The minimum atomic E-state index is -1.11. The Labute approximate surface area is 104 Å². The lowest BCUT2D eigenvalue weighted by Gasteiger charge is -2.23. The number of aldehydes is 1. The number of carbonyl (C=O) groups is 3. The van der Waals surface area contributed by atoms with Crippen LogP contribution in [0, 0.1) is 0 Å². The van der Waals surface area contributed by atoms with E-state index in [-0.39, 0.29) is 39.3 Å². The summed E-state index contributed by atoms with van der Waals surface area (Å²) in [7, 11) is 0. The molecule has 0 aromatic rings. The Kier molecular flexibility index (Phi) is 8.71. The van der Waals surface area contributed by atoms with Gasteiger partial charge in [0.15, 0.2) is 0 Å². The lowest BCUT2D eigenvalue weighted by molar-refractivity contribution is -0.141. The van der Waals surface area contributed by atoms with Crippen molar-refractivity contribution in [3.05, 3.63) is 0 Å². The maximum Gasteiger partial charge on any atom is 0.317 e. The molecule has 0 rings (SSSR count). The van der Waals surface area contributed by atoms with Crippen LogP contribution >= 0.6 is 0 Å². The molecule has 8 nitrogen and oxygen atoms in total. The topological polar surface area (TPSA) is 118 Å². The molecule has 104 valence electrons. The summed E-state index contributed by atoms with van der Waals surface area (Å²) in [5, 5.41) is 26.0. The van der Waals surface area contributed by atoms with Crippen molar-refractivity contribution in [2.24, 2.45) is 0 Å². The van der Waals surface area contributed by atoms with E-state index in [1.54, 1.807) is 4.90 Å². The lowest BCUT2D eigenvalue weighted by Crippen LogP contribution is -2.41. The van der Waals surface area contributed by atoms with E-state index in [1.807, 2.05) is 0 Å². The Bertz CT molecular complexity index is 268. The summed E-state index contributed by atoms with van der Waals surface area (Å²) in [4.78, 5) is 34.3. The molecule has 0 aromatic heterocycles. The Balaban J connectivity index is 4.23. The molecule has 0 spiro atoms. The second kappa shape index (κ2) is 9.51. The smallest absolute Gasteiger partial charge is 0.317 e. The van der Waals surface area contributed by atoms with Crippen molar-refractivity contribution in [2.75, 3.05) is 45.9 Å². The molecule has 0 fully saturated rings. The van der Waals surface area contributed by atoms with Gasteiger partial charge in [-0.1, -0.05) is 0 Å². The maximum absolute atomic E-state index is 10.5. The maximum atomic E-state index is 10.5. The van der Waals surface area contributed by atoms with Gasteiger partial charge in [-0.2, -0.15) is 0 Å². The SMILES string of the molecule is O=CCN(CCO)CCN(CC(=O)O)CC(=O)O. The van der Waals surface area contributed by atoms with E-state index in [0.717, 1.165) is 0 Å². The molecule has 0 radical (unpaired) electrons. The number of nitrogens with zero attached hydrogens (tertiary/aromatic N) is 2. The van der Waals surface area contributed by atoms with Crippen molar-refractivity contribution in [2.45, 2.75) is 0 Å². The molecule has 0 saturated carbocycles. The second-order valence-electron chi connectivity index (χ2n) is 3.69. The highest BCUT2D eigenvalue weighted by molar-refractivity contribution is 5.72. The van der Waals surface area contributed by atoms with Gasteiger partial charge in [-0.05, 0) is 0 Å². The molecule has 0 saturated heterocycles. The van der Waals surface area contributed by atoms with Crippen LogP contribution in [0.5, 0.6) is 0 Å². The second-order valence-corrected chi connectivity index (χ2v) is 3.69. The van der Waals surface area contributed by atoms with Crippen molar-refractivity contribution < 1.29 is 29.7 Å². The summed E-state index contributed by atoms with van der Waals surface area (Å²) in [6.07, 6.45) is 0.675. The molecule has 0 bridgehead atoms. The zero-order valence-electron chi connectivity index (χ0n) is 9.99. The molecule has 0 aliphatic rings. The highest BCUT2D eigenvalue weighted by Gasteiger charge is 2.14. The fraction of sp³-hybridized carbons (Fsp3) is 0.700. The first-order valence-corrected chi connectivity index (χ1v) is 5.42. The molecule has 3 N–H and O–H groups in total. The fourth-order valence-electron chi connectivity index (χ4n) is 1.42. The predicted octanol–water partition coefficient (Wildman–Crippen LogP) is -2.05. The van der Waals surface area contributed by atoms with Crippen LogP contribution in [-0.2, 0) is 14.4 Å².